The average Bonchev–Trinajstić information content (AvgIpc) is 2.39. The van der Waals surface area contributed by atoms with Crippen molar-refractivity contribution in [2.24, 2.45) is 5.73 Å². The number of nitrogens with one attached hydrogen (secondary N) is 1. The van der Waals surface area contributed by atoms with E-state index in [-0.39, 0.29) is 11.2 Å². The first-order valence-corrected chi connectivity index (χ1v) is 6.51. The second-order valence-electron chi connectivity index (χ2n) is 4.00. The van der Waals surface area contributed by atoms with E-state index in [9.17, 15) is 9.59 Å². The molecule has 96 valence electrons. The van der Waals surface area contributed by atoms with Gasteiger partial charge in [-0.25, -0.2) is 9.69 Å². The summed E-state index contributed by atoms with van der Waals surface area (Å²) in [5.74, 6) is -0.207. The Morgan fingerprint density at radius 3 is 2.89 bits per heavy atom. The highest BCUT2D eigenvalue weighted by Gasteiger charge is 2.34. The number of urea groups is 1. The van der Waals surface area contributed by atoms with E-state index in [1.165, 1.54) is 23.7 Å². The molecule has 1 atom stereocenters. The van der Waals surface area contributed by atoms with Crippen molar-refractivity contribution >= 4 is 29.4 Å². The third kappa shape index (κ3) is 2.09. The van der Waals surface area contributed by atoms with Gasteiger partial charge in [0.05, 0.1) is 10.9 Å². The number of carbonyl (C=O) groups is 2. The van der Waals surface area contributed by atoms with Gasteiger partial charge in [0.2, 0.25) is 5.91 Å². The molecule has 0 radical (unpaired) electrons. The molecule has 0 fully saturated rings. The number of fused-ring (bicyclic) bond motifs is 1. The minimum Gasteiger partial charge on any atom is -0.340 e. The van der Waals surface area contributed by atoms with E-state index in [2.05, 4.69) is 5.32 Å². The molecule has 3 N–H and O–H groups in total. The van der Waals surface area contributed by atoms with Gasteiger partial charge < -0.3 is 11.1 Å². The van der Waals surface area contributed by atoms with Crippen molar-refractivity contribution in [1.29, 1.82) is 0 Å². The van der Waals surface area contributed by atoms with Gasteiger partial charge >= 0.3 is 6.03 Å². The number of carbonyl (C=O) groups excluding carboxylic acids is 2. The molecule has 2 rings (SSSR count). The van der Waals surface area contributed by atoms with Gasteiger partial charge in [0.1, 0.15) is 0 Å². The summed E-state index contributed by atoms with van der Waals surface area (Å²) in [5, 5.41) is 2.22. The molecular weight excluding hydrogens is 250 g/mol. The molecule has 1 aromatic rings. The van der Waals surface area contributed by atoms with E-state index in [1.807, 2.05) is 12.1 Å². The number of benzene rings is 1. The lowest BCUT2D eigenvalue weighted by Crippen LogP contribution is -2.48. The minimum absolute atomic E-state index is 0.207. The molecule has 1 unspecified atom stereocenters. The van der Waals surface area contributed by atoms with Gasteiger partial charge in [-0.15, -0.1) is 11.8 Å². The Morgan fingerprint density at radius 1 is 1.56 bits per heavy atom. The minimum atomic E-state index is -0.414. The van der Waals surface area contributed by atoms with Gasteiger partial charge in [0.25, 0.3) is 0 Å². The van der Waals surface area contributed by atoms with Crippen LogP contribution in [0, 0.1) is 0 Å². The van der Waals surface area contributed by atoms with Crippen LogP contribution in [0.15, 0.2) is 23.1 Å². The number of rotatable bonds is 1. The predicted molar refractivity (Wildman–Crippen MR) is 71.6 cm³/mol. The van der Waals surface area contributed by atoms with E-state index >= 15 is 0 Å². The van der Waals surface area contributed by atoms with Crippen LogP contribution in [0.4, 0.5) is 10.5 Å². The van der Waals surface area contributed by atoms with E-state index in [4.69, 9.17) is 5.73 Å². The summed E-state index contributed by atoms with van der Waals surface area (Å²) in [7, 11) is 1.51. The van der Waals surface area contributed by atoms with Crippen LogP contribution in [0.5, 0.6) is 0 Å². The number of nitrogens with two attached hydrogens (primary N) is 1. The Balaban J connectivity index is 2.53. The molecule has 5 nitrogen and oxygen atoms in total. The third-order valence-corrected chi connectivity index (χ3v) is 3.94. The molecule has 1 aliphatic rings. The number of thioether (sulfide) groups is 1. The van der Waals surface area contributed by atoms with Crippen LogP contribution in [-0.2, 0) is 11.3 Å². The van der Waals surface area contributed by atoms with Crippen LogP contribution < -0.4 is 16.0 Å². The van der Waals surface area contributed by atoms with Gasteiger partial charge in [-0.2, -0.15) is 0 Å². The zero-order valence-electron chi connectivity index (χ0n) is 10.3. The van der Waals surface area contributed by atoms with Crippen molar-refractivity contribution in [3.8, 4) is 0 Å². The maximum Gasteiger partial charge on any atom is 0.328 e. The van der Waals surface area contributed by atoms with E-state index in [0.29, 0.717) is 12.2 Å². The largest absolute Gasteiger partial charge is 0.340 e. The number of nitrogens with zero attached hydrogens (tertiary/aromatic N) is 1. The Morgan fingerprint density at radius 2 is 2.28 bits per heavy atom. The maximum atomic E-state index is 12.1. The molecule has 0 spiro atoms. The highest BCUT2D eigenvalue weighted by Crippen LogP contribution is 2.39. The van der Waals surface area contributed by atoms with Crippen molar-refractivity contribution in [3.05, 3.63) is 23.8 Å². The quantitative estimate of drug-likeness (QED) is 0.803. The first kappa shape index (κ1) is 12.9. The zero-order valence-corrected chi connectivity index (χ0v) is 11.1. The topological polar surface area (TPSA) is 75.4 Å². The number of hydrogen-bond donors (Lipinski definition) is 2. The molecule has 3 amide bonds. The molecule has 6 heteroatoms. The van der Waals surface area contributed by atoms with Crippen LogP contribution in [0.1, 0.15) is 12.5 Å². The summed E-state index contributed by atoms with van der Waals surface area (Å²) in [6.07, 6.45) is 0. The standard InChI is InChI=1S/C12H15N3O2S/c1-7-11(16)15(12(17)14-2)9-5-8(6-13)3-4-10(9)18-7/h3-5,7H,6,13H2,1-2H3,(H,14,17). The van der Waals surface area contributed by atoms with Gasteiger partial charge in [-0.1, -0.05) is 6.07 Å². The number of imide groups is 1. The lowest BCUT2D eigenvalue weighted by atomic mass is 10.1. The normalized spacial score (nSPS) is 18.5. The van der Waals surface area contributed by atoms with Crippen LogP contribution in [0.3, 0.4) is 0 Å². The highest BCUT2D eigenvalue weighted by molar-refractivity contribution is 8.01. The molecule has 1 heterocycles. The summed E-state index contributed by atoms with van der Waals surface area (Å²) in [6, 6.07) is 5.20. The molecule has 0 bridgehead atoms. The number of anilines is 1. The summed E-state index contributed by atoms with van der Waals surface area (Å²) in [6.45, 7) is 2.17. The highest BCUT2D eigenvalue weighted by atomic mass is 32.2. The van der Waals surface area contributed by atoms with Crippen LogP contribution in [0.25, 0.3) is 0 Å². The van der Waals surface area contributed by atoms with Crippen molar-refractivity contribution < 1.29 is 9.59 Å². The second-order valence-corrected chi connectivity index (χ2v) is 5.38. The summed E-state index contributed by atoms with van der Waals surface area (Å²) in [4.78, 5) is 26.0. The first-order valence-electron chi connectivity index (χ1n) is 5.63. The van der Waals surface area contributed by atoms with Gasteiger partial charge in [0.15, 0.2) is 0 Å². The van der Waals surface area contributed by atoms with Gasteiger partial charge in [0, 0.05) is 18.5 Å². The number of hydrogen-bond acceptors (Lipinski definition) is 4. The molecule has 0 saturated carbocycles. The Bertz CT molecular complexity index is 504. The maximum absolute atomic E-state index is 12.1. The van der Waals surface area contributed by atoms with Gasteiger partial charge in [-0.3, -0.25) is 4.79 Å². The smallest absolute Gasteiger partial charge is 0.328 e. The molecule has 1 aliphatic heterocycles. The van der Waals surface area contributed by atoms with Crippen molar-refractivity contribution in [2.75, 3.05) is 11.9 Å². The monoisotopic (exact) mass is 265 g/mol. The fourth-order valence-corrected chi connectivity index (χ4v) is 2.83. The lowest BCUT2D eigenvalue weighted by Gasteiger charge is -2.30. The second kappa shape index (κ2) is 4.99. The third-order valence-electron chi connectivity index (χ3n) is 2.79. The van der Waals surface area contributed by atoms with Gasteiger partial charge in [-0.05, 0) is 24.6 Å². The molecule has 0 aromatic heterocycles. The summed E-state index contributed by atoms with van der Waals surface area (Å²) >= 11 is 1.46. The van der Waals surface area contributed by atoms with Crippen molar-refractivity contribution in [1.82, 2.24) is 5.32 Å². The van der Waals surface area contributed by atoms with E-state index in [1.54, 1.807) is 13.0 Å². The molecule has 1 aromatic carbocycles. The summed E-state index contributed by atoms with van der Waals surface area (Å²) in [5.41, 5.74) is 7.10. The molecule has 0 saturated heterocycles. The van der Waals surface area contributed by atoms with Crippen molar-refractivity contribution in [2.45, 2.75) is 23.6 Å². The Labute approximate surface area is 110 Å². The van der Waals surface area contributed by atoms with Crippen LogP contribution in [-0.4, -0.2) is 24.2 Å². The first-order chi connectivity index (χ1) is 8.58. The fourth-order valence-electron chi connectivity index (χ4n) is 1.83. The Hall–Kier alpha value is -1.53. The predicted octanol–water partition coefficient (Wildman–Crippen LogP) is 1.31. The van der Waals surface area contributed by atoms with Crippen molar-refractivity contribution in [3.63, 3.8) is 0 Å². The molecular formula is C12H15N3O2S. The molecule has 18 heavy (non-hydrogen) atoms. The molecule has 0 aliphatic carbocycles. The lowest BCUT2D eigenvalue weighted by molar-refractivity contribution is -0.117. The zero-order chi connectivity index (χ0) is 13.3. The van der Waals surface area contributed by atoms with Crippen LogP contribution >= 0.6 is 11.8 Å². The SMILES string of the molecule is CNC(=O)N1C(=O)C(C)Sc2ccc(CN)cc21. The summed E-state index contributed by atoms with van der Waals surface area (Å²) < 4.78 is 0. The van der Waals surface area contributed by atoms with E-state index in [0.717, 1.165) is 10.5 Å². The number of amides is 3. The Kier molecular flexibility index (Phi) is 3.58. The van der Waals surface area contributed by atoms with E-state index < -0.39 is 6.03 Å². The average molecular weight is 265 g/mol. The fraction of sp³-hybridized carbons (Fsp3) is 0.333. The van der Waals surface area contributed by atoms with Crippen LogP contribution in [0.2, 0.25) is 0 Å².